The second kappa shape index (κ2) is 8.37. The zero-order valence-corrected chi connectivity index (χ0v) is 16.6. The number of benzene rings is 2. The summed E-state index contributed by atoms with van der Waals surface area (Å²) in [5, 5.41) is 3.55. The Hall–Kier alpha value is -2.33. The van der Waals surface area contributed by atoms with E-state index in [1.54, 1.807) is 18.2 Å². The van der Waals surface area contributed by atoms with Crippen LogP contribution in [0.1, 0.15) is 43.4 Å². The van der Waals surface area contributed by atoms with E-state index >= 15 is 0 Å². The van der Waals surface area contributed by atoms with Gasteiger partial charge < -0.3 is 10.2 Å². The Kier molecular flexibility index (Phi) is 6.43. The molecule has 0 aliphatic rings. The maximum Gasteiger partial charge on any atom is 0.244 e. The normalized spacial score (nSPS) is 10.7. The molecule has 2 aromatic rings. The number of carbonyl (C=O) groups is 2. The molecule has 0 spiro atoms. The molecular formula is C21H25ClN2O2. The van der Waals surface area contributed by atoms with Crippen LogP contribution < -0.4 is 10.2 Å². The van der Waals surface area contributed by atoms with Crippen molar-refractivity contribution in [2.75, 3.05) is 16.8 Å². The average Bonchev–Trinajstić information content (AvgIpc) is 2.57. The fraction of sp³-hybridized carbons (Fsp3) is 0.333. The lowest BCUT2D eigenvalue weighted by Crippen LogP contribution is -2.37. The summed E-state index contributed by atoms with van der Waals surface area (Å²) in [6.07, 6.45) is 0. The smallest absolute Gasteiger partial charge is 0.244 e. The maximum absolute atomic E-state index is 12.7. The lowest BCUT2D eigenvalue weighted by Gasteiger charge is -2.24. The number of amides is 2. The van der Waals surface area contributed by atoms with Gasteiger partial charge in [-0.1, -0.05) is 49.7 Å². The van der Waals surface area contributed by atoms with Crippen LogP contribution in [0.3, 0.4) is 0 Å². The first-order valence-electron chi connectivity index (χ1n) is 8.65. The number of halogens is 1. The van der Waals surface area contributed by atoms with E-state index in [-0.39, 0.29) is 24.3 Å². The fourth-order valence-electron chi connectivity index (χ4n) is 2.92. The van der Waals surface area contributed by atoms with Gasteiger partial charge in [-0.05, 0) is 48.6 Å². The summed E-state index contributed by atoms with van der Waals surface area (Å²) in [5.41, 5.74) is 4.31. The highest BCUT2D eigenvalue weighted by atomic mass is 35.5. The van der Waals surface area contributed by atoms with E-state index < -0.39 is 0 Å². The fourth-order valence-corrected chi connectivity index (χ4v) is 3.09. The average molecular weight is 373 g/mol. The molecule has 0 unspecified atom stereocenters. The molecule has 0 aliphatic heterocycles. The summed E-state index contributed by atoms with van der Waals surface area (Å²) >= 11 is 6.17. The van der Waals surface area contributed by atoms with E-state index in [4.69, 9.17) is 11.6 Å². The van der Waals surface area contributed by atoms with Gasteiger partial charge in [0.25, 0.3) is 0 Å². The summed E-state index contributed by atoms with van der Waals surface area (Å²) in [6.45, 7) is 9.35. The molecule has 0 aliphatic carbocycles. The summed E-state index contributed by atoms with van der Waals surface area (Å²) in [5.74, 6) is -0.167. The monoisotopic (exact) mass is 372 g/mol. The molecule has 26 heavy (non-hydrogen) atoms. The lowest BCUT2D eigenvalue weighted by atomic mass is 9.98. The molecule has 2 rings (SSSR count). The third-order valence-corrected chi connectivity index (χ3v) is 4.81. The van der Waals surface area contributed by atoms with Crippen molar-refractivity contribution < 1.29 is 9.59 Å². The van der Waals surface area contributed by atoms with Crippen molar-refractivity contribution in [2.45, 2.75) is 40.5 Å². The first-order valence-corrected chi connectivity index (χ1v) is 9.02. The van der Waals surface area contributed by atoms with Gasteiger partial charge in [-0.2, -0.15) is 0 Å². The zero-order valence-electron chi connectivity index (χ0n) is 15.9. The van der Waals surface area contributed by atoms with Gasteiger partial charge in [0, 0.05) is 23.3 Å². The molecule has 0 atom stereocenters. The molecule has 0 aromatic heterocycles. The number of carbonyl (C=O) groups excluding carboxylic acids is 2. The van der Waals surface area contributed by atoms with Crippen molar-refractivity contribution in [1.82, 2.24) is 0 Å². The molecule has 2 amide bonds. The Labute approximate surface area is 160 Å². The molecule has 0 radical (unpaired) electrons. The highest BCUT2D eigenvalue weighted by Crippen LogP contribution is 2.29. The maximum atomic E-state index is 12.7. The minimum atomic E-state index is -0.240. The standard InChI is InChI=1S/C21H25ClN2O2/c1-13(2)17-9-6-8-14(3)21(17)23-20(26)12-24(16(5)25)19-11-7-10-18(22)15(19)4/h6-11,13H,12H2,1-5H3,(H,23,26). The SMILES string of the molecule is CC(=O)N(CC(=O)Nc1c(C)cccc1C(C)C)c1cccc(Cl)c1C. The van der Waals surface area contributed by atoms with Crippen LogP contribution in [0.2, 0.25) is 5.02 Å². The molecule has 0 fully saturated rings. The minimum Gasteiger partial charge on any atom is -0.324 e. The van der Waals surface area contributed by atoms with Gasteiger partial charge in [0.15, 0.2) is 0 Å². The predicted octanol–water partition coefficient (Wildman–Crippen LogP) is 5.07. The van der Waals surface area contributed by atoms with Gasteiger partial charge in [-0.3, -0.25) is 9.59 Å². The quantitative estimate of drug-likeness (QED) is 0.796. The number of nitrogens with one attached hydrogen (secondary N) is 1. The van der Waals surface area contributed by atoms with E-state index in [0.717, 1.165) is 22.4 Å². The van der Waals surface area contributed by atoms with Gasteiger partial charge in [0.1, 0.15) is 6.54 Å². The van der Waals surface area contributed by atoms with Crippen LogP contribution >= 0.6 is 11.6 Å². The van der Waals surface area contributed by atoms with Crippen molar-refractivity contribution >= 4 is 34.8 Å². The largest absolute Gasteiger partial charge is 0.324 e. The summed E-state index contributed by atoms with van der Waals surface area (Å²) in [7, 11) is 0. The van der Waals surface area contributed by atoms with Crippen molar-refractivity contribution in [3.63, 3.8) is 0 Å². The predicted molar refractivity (Wildman–Crippen MR) is 108 cm³/mol. The second-order valence-corrected chi connectivity index (χ2v) is 7.14. The molecule has 5 heteroatoms. The molecule has 1 N–H and O–H groups in total. The highest BCUT2D eigenvalue weighted by Gasteiger charge is 2.20. The second-order valence-electron chi connectivity index (χ2n) is 6.73. The Morgan fingerprint density at radius 1 is 1.12 bits per heavy atom. The summed E-state index contributed by atoms with van der Waals surface area (Å²) < 4.78 is 0. The van der Waals surface area contributed by atoms with Crippen LogP contribution in [0.15, 0.2) is 36.4 Å². The molecule has 0 saturated carbocycles. The number of nitrogens with zero attached hydrogens (tertiary/aromatic N) is 1. The molecule has 2 aromatic carbocycles. The van der Waals surface area contributed by atoms with Crippen LogP contribution in [0, 0.1) is 13.8 Å². The number of anilines is 2. The Bertz CT molecular complexity index is 831. The van der Waals surface area contributed by atoms with Gasteiger partial charge in [0.05, 0.1) is 0 Å². The van der Waals surface area contributed by atoms with Gasteiger partial charge in [-0.25, -0.2) is 0 Å². The Morgan fingerprint density at radius 2 is 1.77 bits per heavy atom. The first-order chi connectivity index (χ1) is 12.2. The van der Waals surface area contributed by atoms with Gasteiger partial charge in [-0.15, -0.1) is 0 Å². The minimum absolute atomic E-state index is 0.0671. The summed E-state index contributed by atoms with van der Waals surface area (Å²) in [6, 6.07) is 11.3. The number of hydrogen-bond acceptors (Lipinski definition) is 2. The Morgan fingerprint density at radius 3 is 2.38 bits per heavy atom. The molecule has 0 bridgehead atoms. The van der Waals surface area contributed by atoms with Crippen LogP contribution in [-0.4, -0.2) is 18.4 Å². The van der Waals surface area contributed by atoms with Gasteiger partial charge in [0.2, 0.25) is 11.8 Å². The molecule has 0 heterocycles. The van der Waals surface area contributed by atoms with Gasteiger partial charge >= 0.3 is 0 Å². The van der Waals surface area contributed by atoms with Crippen molar-refractivity contribution in [1.29, 1.82) is 0 Å². The highest BCUT2D eigenvalue weighted by molar-refractivity contribution is 6.31. The van der Waals surface area contributed by atoms with Crippen LogP contribution in [0.5, 0.6) is 0 Å². The molecule has 0 saturated heterocycles. The number of aryl methyl sites for hydroxylation is 1. The van der Waals surface area contributed by atoms with E-state index in [9.17, 15) is 9.59 Å². The van der Waals surface area contributed by atoms with Crippen LogP contribution in [0.4, 0.5) is 11.4 Å². The third kappa shape index (κ3) is 4.44. The molecular weight excluding hydrogens is 348 g/mol. The van der Waals surface area contributed by atoms with Crippen molar-refractivity contribution in [3.05, 3.63) is 58.1 Å². The first kappa shape index (κ1) is 20.0. The number of hydrogen-bond donors (Lipinski definition) is 1. The lowest BCUT2D eigenvalue weighted by molar-refractivity contribution is -0.120. The summed E-state index contributed by atoms with van der Waals surface area (Å²) in [4.78, 5) is 26.3. The topological polar surface area (TPSA) is 49.4 Å². The van der Waals surface area contributed by atoms with Crippen molar-refractivity contribution in [2.24, 2.45) is 0 Å². The van der Waals surface area contributed by atoms with E-state index in [2.05, 4.69) is 19.2 Å². The number of rotatable bonds is 5. The van der Waals surface area contributed by atoms with E-state index in [1.807, 2.05) is 32.0 Å². The van der Waals surface area contributed by atoms with Crippen LogP contribution in [-0.2, 0) is 9.59 Å². The zero-order chi connectivity index (χ0) is 19.4. The number of para-hydroxylation sites is 1. The van der Waals surface area contributed by atoms with E-state index in [0.29, 0.717) is 10.7 Å². The van der Waals surface area contributed by atoms with E-state index in [1.165, 1.54) is 11.8 Å². The Balaban J connectivity index is 2.28. The van der Waals surface area contributed by atoms with Crippen molar-refractivity contribution in [3.8, 4) is 0 Å². The third-order valence-electron chi connectivity index (χ3n) is 4.40. The van der Waals surface area contributed by atoms with Crippen LogP contribution in [0.25, 0.3) is 0 Å². The molecule has 4 nitrogen and oxygen atoms in total. The molecule has 138 valence electrons.